The average Bonchev–Trinajstić information content (AvgIpc) is 2.71. The van der Waals surface area contributed by atoms with Crippen LogP contribution in [0.15, 0.2) is 18.2 Å². The van der Waals surface area contributed by atoms with Gasteiger partial charge in [-0.25, -0.2) is 4.79 Å². The second kappa shape index (κ2) is 7.19. The lowest BCUT2D eigenvalue weighted by atomic mass is 9.90. The monoisotopic (exact) mass is 370 g/mol. The van der Waals surface area contributed by atoms with Crippen LogP contribution in [0.1, 0.15) is 38.5 Å². The molecule has 1 aromatic carbocycles. The van der Waals surface area contributed by atoms with Gasteiger partial charge in [0.25, 0.3) is 5.91 Å². The Morgan fingerprint density at radius 2 is 1.83 bits per heavy atom. The topological polar surface area (TPSA) is 58.6 Å². The molecule has 1 saturated heterocycles. The van der Waals surface area contributed by atoms with Crippen molar-refractivity contribution in [2.75, 3.05) is 13.2 Å². The molecular weight excluding hydrogens is 351 g/mol. The summed E-state index contributed by atoms with van der Waals surface area (Å²) >= 11 is 11.9. The maximum absolute atomic E-state index is 12.7. The van der Waals surface area contributed by atoms with E-state index in [4.69, 9.17) is 27.9 Å². The molecule has 1 aliphatic carbocycles. The molecule has 1 saturated carbocycles. The summed E-state index contributed by atoms with van der Waals surface area (Å²) < 4.78 is 5.59. The highest BCUT2D eigenvalue weighted by Crippen LogP contribution is 2.33. The van der Waals surface area contributed by atoms with Crippen LogP contribution in [0.3, 0.4) is 0 Å². The molecule has 1 aromatic rings. The van der Waals surface area contributed by atoms with Crippen LogP contribution in [0.5, 0.6) is 5.75 Å². The molecule has 0 radical (unpaired) electrons. The minimum atomic E-state index is -0.703. The zero-order valence-electron chi connectivity index (χ0n) is 13.3. The Labute approximate surface area is 151 Å². The third-order valence-electron chi connectivity index (χ3n) is 4.67. The van der Waals surface area contributed by atoms with Gasteiger partial charge in [-0.1, -0.05) is 48.9 Å². The molecular formula is C17H20Cl2N2O3. The summed E-state index contributed by atoms with van der Waals surface area (Å²) in [5.41, 5.74) is -0.703. The first-order valence-corrected chi connectivity index (χ1v) is 8.99. The van der Waals surface area contributed by atoms with Crippen LogP contribution < -0.4 is 10.1 Å². The van der Waals surface area contributed by atoms with Crippen LogP contribution in [-0.2, 0) is 4.79 Å². The largest absolute Gasteiger partial charge is 0.490 e. The van der Waals surface area contributed by atoms with E-state index in [1.165, 1.54) is 4.90 Å². The third kappa shape index (κ3) is 3.47. The Kier molecular flexibility index (Phi) is 5.21. The van der Waals surface area contributed by atoms with Crippen LogP contribution in [0, 0.1) is 0 Å². The van der Waals surface area contributed by atoms with Gasteiger partial charge in [-0.2, -0.15) is 0 Å². The van der Waals surface area contributed by atoms with Gasteiger partial charge in [-0.15, -0.1) is 0 Å². The van der Waals surface area contributed by atoms with E-state index in [-0.39, 0.29) is 25.1 Å². The number of carbonyl (C=O) groups is 2. The molecule has 1 spiro atoms. The number of halogens is 2. The molecule has 24 heavy (non-hydrogen) atoms. The van der Waals surface area contributed by atoms with Crippen molar-refractivity contribution in [1.82, 2.24) is 10.2 Å². The van der Waals surface area contributed by atoms with Crippen molar-refractivity contribution >= 4 is 35.1 Å². The molecule has 0 atom stereocenters. The highest BCUT2D eigenvalue weighted by atomic mass is 35.5. The van der Waals surface area contributed by atoms with E-state index in [2.05, 4.69) is 5.32 Å². The molecule has 0 unspecified atom stereocenters. The van der Waals surface area contributed by atoms with Crippen molar-refractivity contribution in [3.8, 4) is 5.75 Å². The number of hydrogen-bond acceptors (Lipinski definition) is 3. The fourth-order valence-electron chi connectivity index (χ4n) is 3.39. The Bertz CT molecular complexity index is 643. The molecule has 3 rings (SSSR count). The smallest absolute Gasteiger partial charge is 0.325 e. The molecule has 0 aromatic heterocycles. The number of nitrogens with one attached hydrogen (secondary N) is 1. The van der Waals surface area contributed by atoms with Crippen molar-refractivity contribution in [3.63, 3.8) is 0 Å². The second-order valence-electron chi connectivity index (χ2n) is 6.31. The molecule has 130 valence electrons. The lowest BCUT2D eigenvalue weighted by molar-refractivity contribution is -0.132. The molecule has 2 fully saturated rings. The van der Waals surface area contributed by atoms with Crippen molar-refractivity contribution < 1.29 is 14.3 Å². The number of hydrogen-bond donors (Lipinski definition) is 1. The number of benzene rings is 1. The maximum Gasteiger partial charge on any atom is 0.325 e. The van der Waals surface area contributed by atoms with Crippen molar-refractivity contribution in [2.45, 2.75) is 44.1 Å². The van der Waals surface area contributed by atoms with Gasteiger partial charge in [0.2, 0.25) is 0 Å². The van der Waals surface area contributed by atoms with Gasteiger partial charge in [-0.3, -0.25) is 9.69 Å². The van der Waals surface area contributed by atoms with Crippen LogP contribution in [0.4, 0.5) is 4.79 Å². The van der Waals surface area contributed by atoms with Gasteiger partial charge < -0.3 is 10.1 Å². The number of rotatable bonds is 4. The molecule has 1 N–H and O–H groups in total. The van der Waals surface area contributed by atoms with E-state index >= 15 is 0 Å². The van der Waals surface area contributed by atoms with Gasteiger partial charge in [0.15, 0.2) is 0 Å². The van der Waals surface area contributed by atoms with E-state index in [0.717, 1.165) is 38.5 Å². The summed E-state index contributed by atoms with van der Waals surface area (Å²) in [7, 11) is 0. The molecule has 2 aliphatic rings. The number of ether oxygens (including phenoxy) is 1. The predicted octanol–water partition coefficient (Wildman–Crippen LogP) is 4.02. The Hall–Kier alpha value is -1.46. The van der Waals surface area contributed by atoms with E-state index < -0.39 is 5.54 Å². The van der Waals surface area contributed by atoms with Crippen LogP contribution in [0.25, 0.3) is 0 Å². The zero-order valence-corrected chi connectivity index (χ0v) is 14.8. The fourth-order valence-corrected chi connectivity index (χ4v) is 3.85. The Balaban J connectivity index is 1.61. The number of urea groups is 1. The van der Waals surface area contributed by atoms with Gasteiger partial charge in [-0.05, 0) is 31.0 Å². The predicted molar refractivity (Wildman–Crippen MR) is 92.6 cm³/mol. The van der Waals surface area contributed by atoms with Gasteiger partial charge >= 0.3 is 6.03 Å². The molecule has 1 aliphatic heterocycles. The lowest BCUT2D eigenvalue weighted by Gasteiger charge is -2.24. The summed E-state index contributed by atoms with van der Waals surface area (Å²) in [6, 6.07) is 4.61. The van der Waals surface area contributed by atoms with E-state index in [1.807, 2.05) is 0 Å². The Morgan fingerprint density at radius 1 is 1.12 bits per heavy atom. The second-order valence-corrected chi connectivity index (χ2v) is 7.15. The molecule has 0 bridgehead atoms. The van der Waals surface area contributed by atoms with E-state index in [9.17, 15) is 9.59 Å². The first-order chi connectivity index (χ1) is 11.5. The van der Waals surface area contributed by atoms with Gasteiger partial charge in [0, 0.05) is 5.02 Å². The highest BCUT2D eigenvalue weighted by Gasteiger charge is 2.50. The number of amides is 3. The lowest BCUT2D eigenvalue weighted by Crippen LogP contribution is -2.46. The fraction of sp³-hybridized carbons (Fsp3) is 0.529. The van der Waals surface area contributed by atoms with Crippen molar-refractivity contribution in [3.05, 3.63) is 28.2 Å². The highest BCUT2D eigenvalue weighted by molar-refractivity contribution is 6.35. The molecule has 5 nitrogen and oxygen atoms in total. The van der Waals surface area contributed by atoms with Crippen molar-refractivity contribution in [1.29, 1.82) is 0 Å². The Morgan fingerprint density at radius 3 is 2.50 bits per heavy atom. The van der Waals surface area contributed by atoms with Crippen LogP contribution in [0.2, 0.25) is 10.0 Å². The summed E-state index contributed by atoms with van der Waals surface area (Å²) in [4.78, 5) is 26.2. The van der Waals surface area contributed by atoms with Crippen LogP contribution >= 0.6 is 23.2 Å². The summed E-state index contributed by atoms with van der Waals surface area (Å²) in [6.45, 7) is 0.391. The van der Waals surface area contributed by atoms with E-state index in [1.54, 1.807) is 18.2 Å². The van der Waals surface area contributed by atoms with E-state index in [0.29, 0.717) is 15.8 Å². The molecule has 3 amide bonds. The first kappa shape index (κ1) is 17.4. The maximum atomic E-state index is 12.7. The van der Waals surface area contributed by atoms with Crippen LogP contribution in [-0.4, -0.2) is 35.5 Å². The minimum Gasteiger partial charge on any atom is -0.490 e. The van der Waals surface area contributed by atoms with Gasteiger partial charge in [0.1, 0.15) is 17.9 Å². The molecule has 1 heterocycles. The number of carbonyl (C=O) groups excluding carboxylic acids is 2. The quantitative estimate of drug-likeness (QED) is 0.814. The standard InChI is InChI=1S/C17H20Cl2N2O3/c18-12-5-6-14(13(19)11-12)24-10-9-21-15(22)17(20-16(21)23)7-3-1-2-4-8-17/h5-6,11H,1-4,7-10H2,(H,20,23). The summed E-state index contributed by atoms with van der Waals surface area (Å²) in [5, 5.41) is 3.84. The third-order valence-corrected chi connectivity index (χ3v) is 5.20. The normalized spacial score (nSPS) is 20.2. The number of imide groups is 1. The number of nitrogens with zero attached hydrogens (tertiary/aromatic N) is 1. The van der Waals surface area contributed by atoms with Gasteiger partial charge in [0.05, 0.1) is 11.6 Å². The zero-order chi connectivity index (χ0) is 17.2. The minimum absolute atomic E-state index is 0.125. The first-order valence-electron chi connectivity index (χ1n) is 8.24. The molecule has 7 heteroatoms. The SMILES string of the molecule is O=C1NC2(CCCCCC2)C(=O)N1CCOc1ccc(Cl)cc1Cl. The average molecular weight is 371 g/mol. The van der Waals surface area contributed by atoms with Crippen molar-refractivity contribution in [2.24, 2.45) is 0 Å². The summed E-state index contributed by atoms with van der Waals surface area (Å²) in [5.74, 6) is 0.359. The summed E-state index contributed by atoms with van der Waals surface area (Å²) in [6.07, 6.45) is 5.61.